The Kier molecular flexibility index (Phi) is 12.1. The standard InChI is InChI=1S/C13H29N3O2/c1-17-11-7-3-5-9-16(13(14)15)10-6-4-8-12-18-2/h3-12H2,1-2H3,(H3,14,15). The van der Waals surface area contributed by atoms with Crippen LogP contribution in [-0.2, 0) is 9.47 Å². The monoisotopic (exact) mass is 259 g/mol. The van der Waals surface area contributed by atoms with Crippen LogP contribution in [0.1, 0.15) is 38.5 Å². The molecule has 0 aromatic carbocycles. The molecule has 0 amide bonds. The van der Waals surface area contributed by atoms with Gasteiger partial charge in [0.1, 0.15) is 0 Å². The third-order valence-electron chi connectivity index (χ3n) is 2.89. The van der Waals surface area contributed by atoms with Crippen molar-refractivity contribution in [2.45, 2.75) is 38.5 Å². The van der Waals surface area contributed by atoms with Gasteiger partial charge in [0.2, 0.25) is 0 Å². The van der Waals surface area contributed by atoms with E-state index < -0.39 is 0 Å². The van der Waals surface area contributed by atoms with Crippen LogP contribution in [0.15, 0.2) is 0 Å². The fraction of sp³-hybridized carbons (Fsp3) is 0.923. The van der Waals surface area contributed by atoms with Crippen molar-refractivity contribution < 1.29 is 9.47 Å². The van der Waals surface area contributed by atoms with Gasteiger partial charge in [0.05, 0.1) is 0 Å². The van der Waals surface area contributed by atoms with Crippen molar-refractivity contribution in [3.8, 4) is 0 Å². The molecular formula is C13H29N3O2. The Hall–Kier alpha value is -0.810. The number of nitrogens with one attached hydrogen (secondary N) is 1. The van der Waals surface area contributed by atoms with Crippen LogP contribution in [0.4, 0.5) is 0 Å². The molecule has 0 bridgehead atoms. The van der Waals surface area contributed by atoms with E-state index in [1.807, 2.05) is 4.90 Å². The molecule has 0 aliphatic heterocycles. The quantitative estimate of drug-likeness (QED) is 0.318. The van der Waals surface area contributed by atoms with Gasteiger partial charge in [-0.25, -0.2) is 0 Å². The number of unbranched alkanes of at least 4 members (excludes halogenated alkanes) is 4. The maximum absolute atomic E-state index is 7.54. The van der Waals surface area contributed by atoms with Crippen LogP contribution in [0, 0.1) is 5.41 Å². The summed E-state index contributed by atoms with van der Waals surface area (Å²) in [6.07, 6.45) is 6.55. The van der Waals surface area contributed by atoms with Gasteiger partial charge in [-0.1, -0.05) is 0 Å². The fourth-order valence-electron chi connectivity index (χ4n) is 1.80. The van der Waals surface area contributed by atoms with Gasteiger partial charge in [0.25, 0.3) is 0 Å². The van der Waals surface area contributed by atoms with Gasteiger partial charge in [-0.05, 0) is 38.5 Å². The van der Waals surface area contributed by atoms with Gasteiger partial charge in [-0.3, -0.25) is 5.41 Å². The highest BCUT2D eigenvalue weighted by atomic mass is 16.5. The summed E-state index contributed by atoms with van der Waals surface area (Å²) >= 11 is 0. The Morgan fingerprint density at radius 3 is 1.67 bits per heavy atom. The average Bonchev–Trinajstić information content (AvgIpc) is 2.35. The molecule has 0 saturated heterocycles. The zero-order valence-corrected chi connectivity index (χ0v) is 11.9. The topological polar surface area (TPSA) is 71.6 Å². The summed E-state index contributed by atoms with van der Waals surface area (Å²) in [4.78, 5) is 1.96. The van der Waals surface area contributed by atoms with E-state index >= 15 is 0 Å². The van der Waals surface area contributed by atoms with Crippen molar-refractivity contribution in [2.75, 3.05) is 40.5 Å². The van der Waals surface area contributed by atoms with E-state index in [9.17, 15) is 0 Å². The molecule has 0 aromatic rings. The number of rotatable bonds is 12. The highest BCUT2D eigenvalue weighted by Crippen LogP contribution is 2.02. The minimum absolute atomic E-state index is 0.188. The molecule has 0 fully saturated rings. The Balaban J connectivity index is 3.56. The molecule has 0 spiro atoms. The lowest BCUT2D eigenvalue weighted by atomic mass is 10.2. The summed E-state index contributed by atoms with van der Waals surface area (Å²) in [7, 11) is 3.45. The van der Waals surface area contributed by atoms with E-state index in [1.54, 1.807) is 14.2 Å². The molecule has 5 nitrogen and oxygen atoms in total. The maximum atomic E-state index is 7.54. The molecule has 0 atom stereocenters. The van der Waals surface area contributed by atoms with Gasteiger partial charge >= 0.3 is 0 Å². The van der Waals surface area contributed by atoms with E-state index in [1.165, 1.54) is 0 Å². The van der Waals surface area contributed by atoms with Crippen molar-refractivity contribution in [2.24, 2.45) is 5.73 Å². The number of ether oxygens (including phenoxy) is 2. The third-order valence-corrected chi connectivity index (χ3v) is 2.89. The number of hydrogen-bond acceptors (Lipinski definition) is 3. The normalized spacial score (nSPS) is 10.6. The summed E-state index contributed by atoms with van der Waals surface area (Å²) in [5, 5.41) is 7.54. The molecule has 0 radical (unpaired) electrons. The van der Waals surface area contributed by atoms with E-state index in [0.29, 0.717) is 0 Å². The molecule has 0 saturated carbocycles. The van der Waals surface area contributed by atoms with E-state index in [4.69, 9.17) is 20.6 Å². The molecule has 3 N–H and O–H groups in total. The van der Waals surface area contributed by atoms with E-state index in [2.05, 4.69) is 0 Å². The van der Waals surface area contributed by atoms with Crippen LogP contribution >= 0.6 is 0 Å². The third kappa shape index (κ3) is 10.4. The Labute approximate surface area is 111 Å². The van der Waals surface area contributed by atoms with Gasteiger partial charge < -0.3 is 20.1 Å². The van der Waals surface area contributed by atoms with Crippen LogP contribution in [-0.4, -0.2) is 51.4 Å². The summed E-state index contributed by atoms with van der Waals surface area (Å²) < 4.78 is 10.0. The molecule has 0 unspecified atom stereocenters. The first-order chi connectivity index (χ1) is 8.72. The first-order valence-corrected chi connectivity index (χ1v) is 6.79. The van der Waals surface area contributed by atoms with Crippen molar-refractivity contribution in [3.05, 3.63) is 0 Å². The molecule has 5 heteroatoms. The SMILES string of the molecule is COCCCCCN(CCCCCOC)C(=N)N. The second-order valence-electron chi connectivity index (χ2n) is 4.48. The largest absolute Gasteiger partial charge is 0.385 e. The summed E-state index contributed by atoms with van der Waals surface area (Å²) in [6.45, 7) is 3.39. The lowest BCUT2D eigenvalue weighted by Crippen LogP contribution is -2.37. The Bertz CT molecular complexity index is 187. The fourth-order valence-corrected chi connectivity index (χ4v) is 1.80. The number of methoxy groups -OCH3 is 2. The Morgan fingerprint density at radius 1 is 0.889 bits per heavy atom. The molecule has 0 aliphatic rings. The summed E-state index contributed by atoms with van der Waals surface area (Å²) in [6, 6.07) is 0. The molecule has 0 rings (SSSR count). The van der Waals surface area contributed by atoms with Crippen LogP contribution in [0.25, 0.3) is 0 Å². The van der Waals surface area contributed by atoms with Crippen LogP contribution in [0.2, 0.25) is 0 Å². The number of nitrogens with zero attached hydrogens (tertiary/aromatic N) is 1. The number of nitrogens with two attached hydrogens (primary N) is 1. The predicted molar refractivity (Wildman–Crippen MR) is 74.9 cm³/mol. The van der Waals surface area contributed by atoms with Gasteiger partial charge in [0.15, 0.2) is 5.96 Å². The summed E-state index contributed by atoms with van der Waals surface area (Å²) in [5.41, 5.74) is 5.58. The highest BCUT2D eigenvalue weighted by molar-refractivity contribution is 5.74. The first-order valence-electron chi connectivity index (χ1n) is 6.79. The molecule has 0 heterocycles. The molecule has 0 aliphatic carbocycles. The average molecular weight is 259 g/mol. The Morgan fingerprint density at radius 2 is 1.33 bits per heavy atom. The molecular weight excluding hydrogens is 230 g/mol. The zero-order valence-electron chi connectivity index (χ0n) is 11.9. The molecule has 0 aromatic heterocycles. The van der Waals surface area contributed by atoms with Crippen molar-refractivity contribution in [1.29, 1.82) is 5.41 Å². The van der Waals surface area contributed by atoms with Crippen LogP contribution in [0.3, 0.4) is 0 Å². The number of guanidine groups is 1. The van der Waals surface area contributed by atoms with Crippen LogP contribution in [0.5, 0.6) is 0 Å². The number of hydrogen-bond donors (Lipinski definition) is 2. The lowest BCUT2D eigenvalue weighted by Gasteiger charge is -2.22. The first kappa shape index (κ1) is 17.2. The smallest absolute Gasteiger partial charge is 0.188 e. The van der Waals surface area contributed by atoms with Gasteiger partial charge in [0, 0.05) is 40.5 Å². The van der Waals surface area contributed by atoms with Gasteiger partial charge in [-0.15, -0.1) is 0 Å². The second-order valence-corrected chi connectivity index (χ2v) is 4.48. The predicted octanol–water partition coefficient (Wildman–Crippen LogP) is 1.82. The molecule has 18 heavy (non-hydrogen) atoms. The van der Waals surface area contributed by atoms with Crippen molar-refractivity contribution in [3.63, 3.8) is 0 Å². The highest BCUT2D eigenvalue weighted by Gasteiger charge is 2.05. The van der Waals surface area contributed by atoms with Crippen LogP contribution < -0.4 is 5.73 Å². The minimum atomic E-state index is 0.188. The molecule has 108 valence electrons. The minimum Gasteiger partial charge on any atom is -0.385 e. The lowest BCUT2D eigenvalue weighted by molar-refractivity contribution is 0.189. The zero-order chi connectivity index (χ0) is 13.6. The maximum Gasteiger partial charge on any atom is 0.188 e. The van der Waals surface area contributed by atoms with E-state index in [-0.39, 0.29) is 5.96 Å². The van der Waals surface area contributed by atoms with Crippen molar-refractivity contribution in [1.82, 2.24) is 4.90 Å². The second kappa shape index (κ2) is 12.6. The van der Waals surface area contributed by atoms with Crippen molar-refractivity contribution >= 4 is 5.96 Å². The summed E-state index contributed by atoms with van der Waals surface area (Å²) in [5.74, 6) is 0.188. The van der Waals surface area contributed by atoms with Gasteiger partial charge in [-0.2, -0.15) is 0 Å². The van der Waals surface area contributed by atoms with E-state index in [0.717, 1.165) is 64.8 Å².